The summed E-state index contributed by atoms with van der Waals surface area (Å²) in [5.41, 5.74) is 3.85. The van der Waals surface area contributed by atoms with Crippen molar-refractivity contribution in [3.8, 4) is 11.5 Å². The lowest BCUT2D eigenvalue weighted by Gasteiger charge is -2.21. The summed E-state index contributed by atoms with van der Waals surface area (Å²) < 4.78 is 11.2. The van der Waals surface area contributed by atoms with Crippen LogP contribution in [0.3, 0.4) is 0 Å². The summed E-state index contributed by atoms with van der Waals surface area (Å²) in [5, 5.41) is 2.90. The maximum absolute atomic E-state index is 13.0. The number of amides is 1. The van der Waals surface area contributed by atoms with E-state index >= 15 is 0 Å². The van der Waals surface area contributed by atoms with Gasteiger partial charge in [-0.05, 0) is 61.7 Å². The number of carbonyl (C=O) groups is 1. The van der Waals surface area contributed by atoms with Crippen molar-refractivity contribution < 1.29 is 14.3 Å². The lowest BCUT2D eigenvalue weighted by molar-refractivity contribution is 0.0741. The topological polar surface area (TPSA) is 51.7 Å². The van der Waals surface area contributed by atoms with Crippen LogP contribution in [0.4, 0.5) is 0 Å². The first-order chi connectivity index (χ1) is 14.5. The number of rotatable bonds is 9. The van der Waals surface area contributed by atoms with Gasteiger partial charge in [0.05, 0.1) is 19.3 Å². The van der Waals surface area contributed by atoms with Crippen molar-refractivity contribution >= 4 is 17.2 Å². The first kappa shape index (κ1) is 21.8. The molecule has 0 aliphatic carbocycles. The number of hydrogen-bond acceptors (Lipinski definition) is 5. The summed E-state index contributed by atoms with van der Waals surface area (Å²) in [6, 6.07) is 13.4. The molecule has 3 rings (SSSR count). The molecule has 30 heavy (non-hydrogen) atoms. The standard InChI is InChI=1S/C24H28N2O3S/c1-5-9-26(24(27)19-7-6-8-21(13-19)28-4)14-20-16-30-23(25-20)15-29-22-11-17(2)10-18(3)12-22/h6-8,10-13,16H,5,9,14-15H2,1-4H3. The lowest BCUT2D eigenvalue weighted by Crippen LogP contribution is -2.31. The number of methoxy groups -OCH3 is 1. The lowest BCUT2D eigenvalue weighted by atomic mass is 10.1. The van der Waals surface area contributed by atoms with Gasteiger partial charge in [-0.3, -0.25) is 4.79 Å². The molecule has 2 aromatic carbocycles. The quantitative estimate of drug-likeness (QED) is 0.461. The summed E-state index contributed by atoms with van der Waals surface area (Å²) in [4.78, 5) is 19.5. The minimum absolute atomic E-state index is 0.0169. The van der Waals surface area contributed by atoms with Gasteiger partial charge in [-0.2, -0.15) is 0 Å². The predicted octanol–water partition coefficient (Wildman–Crippen LogP) is 5.40. The fourth-order valence-corrected chi connectivity index (χ4v) is 4.00. The van der Waals surface area contributed by atoms with E-state index in [1.54, 1.807) is 24.5 Å². The highest BCUT2D eigenvalue weighted by Gasteiger charge is 2.17. The Morgan fingerprint density at radius 2 is 1.87 bits per heavy atom. The van der Waals surface area contributed by atoms with Crippen LogP contribution in [0, 0.1) is 13.8 Å². The molecule has 0 aliphatic rings. The van der Waals surface area contributed by atoms with E-state index in [1.807, 2.05) is 40.6 Å². The van der Waals surface area contributed by atoms with E-state index in [-0.39, 0.29) is 5.91 Å². The summed E-state index contributed by atoms with van der Waals surface area (Å²) in [5.74, 6) is 1.51. The number of ether oxygens (including phenoxy) is 2. The zero-order valence-electron chi connectivity index (χ0n) is 18.0. The molecular weight excluding hydrogens is 396 g/mol. The Balaban J connectivity index is 1.66. The van der Waals surface area contributed by atoms with Gasteiger partial charge in [0, 0.05) is 17.5 Å². The molecule has 3 aromatic rings. The van der Waals surface area contributed by atoms with Gasteiger partial charge in [-0.15, -0.1) is 11.3 Å². The zero-order valence-corrected chi connectivity index (χ0v) is 18.8. The molecule has 0 saturated heterocycles. The molecule has 1 amide bonds. The van der Waals surface area contributed by atoms with Gasteiger partial charge in [-0.25, -0.2) is 4.98 Å². The van der Waals surface area contributed by atoms with E-state index in [9.17, 15) is 4.79 Å². The molecule has 0 unspecified atom stereocenters. The number of nitrogens with zero attached hydrogens (tertiary/aromatic N) is 2. The molecule has 1 heterocycles. The van der Waals surface area contributed by atoms with Crippen molar-refractivity contribution in [1.29, 1.82) is 0 Å². The molecule has 6 heteroatoms. The third-order valence-corrected chi connectivity index (χ3v) is 5.48. The smallest absolute Gasteiger partial charge is 0.254 e. The molecule has 0 atom stereocenters. The highest BCUT2D eigenvalue weighted by Crippen LogP contribution is 2.20. The van der Waals surface area contributed by atoms with Gasteiger partial charge in [0.15, 0.2) is 0 Å². The third-order valence-electron chi connectivity index (χ3n) is 4.61. The van der Waals surface area contributed by atoms with Gasteiger partial charge < -0.3 is 14.4 Å². The van der Waals surface area contributed by atoms with Crippen molar-refractivity contribution in [2.24, 2.45) is 0 Å². The molecular formula is C24H28N2O3S. The fraction of sp³-hybridized carbons (Fsp3) is 0.333. The van der Waals surface area contributed by atoms with Crippen LogP contribution in [0.15, 0.2) is 47.8 Å². The molecule has 0 bridgehead atoms. The van der Waals surface area contributed by atoms with Crippen LogP contribution >= 0.6 is 11.3 Å². The Kier molecular flexibility index (Phi) is 7.46. The normalized spacial score (nSPS) is 10.7. The SMILES string of the molecule is CCCN(Cc1csc(COc2cc(C)cc(C)c2)n1)C(=O)c1cccc(OC)c1. The molecule has 1 aromatic heterocycles. The Hall–Kier alpha value is -2.86. The van der Waals surface area contributed by atoms with E-state index in [2.05, 4.69) is 31.8 Å². The van der Waals surface area contributed by atoms with Crippen LogP contribution in [0.1, 0.15) is 45.5 Å². The predicted molar refractivity (Wildman–Crippen MR) is 120 cm³/mol. The Bertz CT molecular complexity index is 979. The van der Waals surface area contributed by atoms with Crippen LogP contribution in [0.5, 0.6) is 11.5 Å². The molecule has 0 fully saturated rings. The minimum Gasteiger partial charge on any atom is -0.497 e. The highest BCUT2D eigenvalue weighted by molar-refractivity contribution is 7.09. The summed E-state index contributed by atoms with van der Waals surface area (Å²) >= 11 is 1.56. The number of thiazole rings is 1. The largest absolute Gasteiger partial charge is 0.497 e. The molecule has 0 spiro atoms. The van der Waals surface area contributed by atoms with Crippen molar-refractivity contribution in [2.75, 3.05) is 13.7 Å². The van der Waals surface area contributed by atoms with Crippen molar-refractivity contribution in [3.63, 3.8) is 0 Å². The van der Waals surface area contributed by atoms with Gasteiger partial charge in [0.25, 0.3) is 5.91 Å². The van der Waals surface area contributed by atoms with Gasteiger partial charge in [-0.1, -0.05) is 19.1 Å². The second-order valence-corrected chi connectivity index (χ2v) is 8.25. The Morgan fingerprint density at radius 3 is 2.57 bits per heavy atom. The molecule has 158 valence electrons. The van der Waals surface area contributed by atoms with Crippen LogP contribution in [-0.2, 0) is 13.2 Å². The Morgan fingerprint density at radius 1 is 1.10 bits per heavy atom. The molecule has 0 N–H and O–H groups in total. The second-order valence-electron chi connectivity index (χ2n) is 7.30. The van der Waals surface area contributed by atoms with E-state index in [1.165, 1.54) is 11.1 Å². The Labute approximate surface area is 182 Å². The maximum Gasteiger partial charge on any atom is 0.254 e. The van der Waals surface area contributed by atoms with Gasteiger partial charge in [0.2, 0.25) is 0 Å². The van der Waals surface area contributed by atoms with Crippen molar-refractivity contribution in [3.05, 3.63) is 75.2 Å². The number of hydrogen-bond donors (Lipinski definition) is 0. The van der Waals surface area contributed by atoms with Gasteiger partial charge in [0.1, 0.15) is 23.1 Å². The molecule has 5 nitrogen and oxygen atoms in total. The van der Waals surface area contributed by atoms with Crippen LogP contribution in [0.25, 0.3) is 0 Å². The summed E-state index contributed by atoms with van der Waals surface area (Å²) in [6.45, 7) is 7.75. The van der Waals surface area contributed by atoms with Crippen molar-refractivity contribution in [1.82, 2.24) is 9.88 Å². The number of aryl methyl sites for hydroxylation is 2. The molecule has 0 aliphatic heterocycles. The monoisotopic (exact) mass is 424 g/mol. The third kappa shape index (κ3) is 5.83. The fourth-order valence-electron chi connectivity index (χ4n) is 3.31. The molecule has 0 radical (unpaired) electrons. The zero-order chi connectivity index (χ0) is 21.5. The first-order valence-electron chi connectivity index (χ1n) is 10.1. The summed E-state index contributed by atoms with van der Waals surface area (Å²) in [7, 11) is 1.60. The summed E-state index contributed by atoms with van der Waals surface area (Å²) in [6.07, 6.45) is 0.878. The van der Waals surface area contributed by atoms with E-state index in [0.29, 0.717) is 31.0 Å². The second kappa shape index (κ2) is 10.3. The number of benzene rings is 2. The minimum atomic E-state index is -0.0169. The number of aromatic nitrogens is 1. The van der Waals surface area contributed by atoms with Crippen LogP contribution in [-0.4, -0.2) is 29.4 Å². The molecule has 0 saturated carbocycles. The highest BCUT2D eigenvalue weighted by atomic mass is 32.1. The van der Waals surface area contributed by atoms with E-state index < -0.39 is 0 Å². The van der Waals surface area contributed by atoms with E-state index in [0.717, 1.165) is 22.9 Å². The van der Waals surface area contributed by atoms with Crippen molar-refractivity contribution in [2.45, 2.75) is 40.3 Å². The first-order valence-corrected chi connectivity index (χ1v) is 10.9. The average Bonchev–Trinajstić information content (AvgIpc) is 3.18. The average molecular weight is 425 g/mol. The maximum atomic E-state index is 13.0. The van der Waals surface area contributed by atoms with Gasteiger partial charge >= 0.3 is 0 Å². The van der Waals surface area contributed by atoms with Crippen LogP contribution in [0.2, 0.25) is 0 Å². The van der Waals surface area contributed by atoms with Crippen LogP contribution < -0.4 is 9.47 Å². The number of carbonyl (C=O) groups excluding carboxylic acids is 1. The van der Waals surface area contributed by atoms with E-state index in [4.69, 9.17) is 9.47 Å².